The lowest BCUT2D eigenvalue weighted by atomic mass is 10.1. The third kappa shape index (κ3) is 3.17. The molecule has 0 amide bonds. The zero-order valence-corrected chi connectivity index (χ0v) is 12.8. The second-order valence-corrected chi connectivity index (χ2v) is 5.30. The molecule has 4 nitrogen and oxygen atoms in total. The van der Waals surface area contributed by atoms with Crippen molar-refractivity contribution in [1.29, 1.82) is 0 Å². The molecule has 5 heteroatoms. The zero-order valence-electron chi connectivity index (χ0n) is 12.0. The molecule has 0 unspecified atom stereocenters. The summed E-state index contributed by atoms with van der Waals surface area (Å²) in [5, 5.41) is 0. The number of rotatable bonds is 5. The summed E-state index contributed by atoms with van der Waals surface area (Å²) in [4.78, 5) is 4.69. The van der Waals surface area contributed by atoms with Crippen molar-refractivity contribution in [3.8, 4) is 5.75 Å². The molecule has 0 saturated heterocycles. The number of benzene rings is 1. The third-order valence-corrected chi connectivity index (χ3v) is 3.47. The largest absolute Gasteiger partial charge is 0.493 e. The summed E-state index contributed by atoms with van der Waals surface area (Å²) in [6, 6.07) is 3.93. The number of hydrogen-bond acceptors (Lipinski definition) is 3. The van der Waals surface area contributed by atoms with E-state index in [9.17, 15) is 0 Å². The van der Waals surface area contributed by atoms with Gasteiger partial charge in [-0.05, 0) is 37.1 Å². The predicted molar refractivity (Wildman–Crippen MR) is 84.2 cm³/mol. The molecular weight excluding hydrogens is 270 g/mol. The standard InChI is InChI=1S/C15H19N3OS/c1-10-8-12(15(16)20)9-11(2)14(10)19-7-4-13-17-5-6-18(13)3/h5-6,8-9H,4,7H2,1-3H3,(H2,16,20). The van der Waals surface area contributed by atoms with E-state index in [1.807, 2.05) is 43.8 Å². The lowest BCUT2D eigenvalue weighted by Gasteiger charge is -2.13. The van der Waals surface area contributed by atoms with E-state index in [4.69, 9.17) is 22.7 Å². The Morgan fingerprint density at radius 3 is 2.50 bits per heavy atom. The Bertz CT molecular complexity index is 611. The lowest BCUT2D eigenvalue weighted by Crippen LogP contribution is -2.11. The molecule has 0 fully saturated rings. The molecule has 0 spiro atoms. The van der Waals surface area contributed by atoms with Gasteiger partial charge < -0.3 is 15.0 Å². The van der Waals surface area contributed by atoms with Crippen molar-refractivity contribution in [2.75, 3.05) is 6.61 Å². The van der Waals surface area contributed by atoms with Crippen molar-refractivity contribution < 1.29 is 4.74 Å². The number of aryl methyl sites for hydroxylation is 3. The van der Waals surface area contributed by atoms with Crippen LogP contribution in [-0.4, -0.2) is 21.1 Å². The number of thiocarbonyl (C=S) groups is 1. The number of imidazole rings is 1. The molecule has 0 bridgehead atoms. The van der Waals surface area contributed by atoms with Crippen molar-refractivity contribution in [3.05, 3.63) is 47.0 Å². The fourth-order valence-corrected chi connectivity index (χ4v) is 2.32. The number of nitrogens with two attached hydrogens (primary N) is 1. The fourth-order valence-electron chi connectivity index (χ4n) is 2.20. The smallest absolute Gasteiger partial charge is 0.125 e. The highest BCUT2D eigenvalue weighted by molar-refractivity contribution is 7.80. The van der Waals surface area contributed by atoms with Crippen LogP contribution in [0.3, 0.4) is 0 Å². The van der Waals surface area contributed by atoms with E-state index in [-0.39, 0.29) is 0 Å². The van der Waals surface area contributed by atoms with Gasteiger partial charge in [-0.25, -0.2) is 4.98 Å². The van der Waals surface area contributed by atoms with Crippen LogP contribution in [-0.2, 0) is 13.5 Å². The molecule has 0 aliphatic rings. The van der Waals surface area contributed by atoms with Gasteiger partial charge in [0.05, 0.1) is 6.61 Å². The minimum absolute atomic E-state index is 0.413. The molecule has 0 saturated carbocycles. The third-order valence-electron chi connectivity index (χ3n) is 3.24. The first kappa shape index (κ1) is 14.5. The number of nitrogens with zero attached hydrogens (tertiary/aromatic N) is 2. The molecule has 2 rings (SSSR count). The van der Waals surface area contributed by atoms with Crippen molar-refractivity contribution >= 4 is 17.2 Å². The Morgan fingerprint density at radius 2 is 2.00 bits per heavy atom. The highest BCUT2D eigenvalue weighted by Crippen LogP contribution is 2.25. The average Bonchev–Trinajstić information content (AvgIpc) is 2.78. The Kier molecular flexibility index (Phi) is 4.39. The molecule has 106 valence electrons. The van der Waals surface area contributed by atoms with Crippen molar-refractivity contribution in [3.63, 3.8) is 0 Å². The molecule has 1 heterocycles. The Labute approximate surface area is 124 Å². The van der Waals surface area contributed by atoms with Gasteiger partial charge >= 0.3 is 0 Å². The van der Waals surface area contributed by atoms with Crippen molar-refractivity contribution in [2.24, 2.45) is 12.8 Å². The highest BCUT2D eigenvalue weighted by Gasteiger charge is 2.08. The average molecular weight is 289 g/mol. The number of aromatic nitrogens is 2. The maximum absolute atomic E-state index is 5.89. The predicted octanol–water partition coefficient (Wildman–Crippen LogP) is 2.29. The molecular formula is C15H19N3OS. The molecule has 1 aromatic carbocycles. The van der Waals surface area contributed by atoms with Crippen LogP contribution in [0.1, 0.15) is 22.5 Å². The summed E-state index contributed by atoms with van der Waals surface area (Å²) in [6.07, 6.45) is 4.51. The van der Waals surface area contributed by atoms with Gasteiger partial charge in [-0.15, -0.1) is 0 Å². The second-order valence-electron chi connectivity index (χ2n) is 4.86. The number of ether oxygens (including phenoxy) is 1. The van der Waals surface area contributed by atoms with Crippen molar-refractivity contribution in [2.45, 2.75) is 20.3 Å². The molecule has 0 radical (unpaired) electrons. The molecule has 2 N–H and O–H groups in total. The van der Waals surface area contributed by atoms with Crippen LogP contribution in [0, 0.1) is 13.8 Å². The van der Waals surface area contributed by atoms with E-state index in [1.165, 1.54) is 0 Å². The van der Waals surface area contributed by atoms with Gasteiger partial charge in [0, 0.05) is 31.4 Å². The monoisotopic (exact) mass is 289 g/mol. The summed E-state index contributed by atoms with van der Waals surface area (Å²) in [5.41, 5.74) is 8.64. The maximum Gasteiger partial charge on any atom is 0.125 e. The number of hydrogen-bond donors (Lipinski definition) is 1. The normalized spacial score (nSPS) is 10.6. The van der Waals surface area contributed by atoms with Crippen LogP contribution in [0.4, 0.5) is 0 Å². The van der Waals surface area contributed by atoms with Crippen LogP contribution in [0.2, 0.25) is 0 Å². The lowest BCUT2D eigenvalue weighted by molar-refractivity contribution is 0.313. The molecule has 2 aromatic rings. The summed E-state index contributed by atoms with van der Waals surface area (Å²) in [6.45, 7) is 4.61. The first-order valence-electron chi connectivity index (χ1n) is 6.49. The van der Waals surface area contributed by atoms with Gasteiger partial charge in [0.25, 0.3) is 0 Å². The minimum Gasteiger partial charge on any atom is -0.493 e. The van der Waals surface area contributed by atoms with E-state index < -0.39 is 0 Å². The minimum atomic E-state index is 0.413. The SMILES string of the molecule is Cc1cc(C(N)=S)cc(C)c1OCCc1nccn1C. The van der Waals surface area contributed by atoms with E-state index in [2.05, 4.69) is 4.98 Å². The molecule has 1 aromatic heterocycles. The van der Waals surface area contributed by atoms with Crippen molar-refractivity contribution in [1.82, 2.24) is 9.55 Å². The molecule has 0 aliphatic carbocycles. The first-order valence-corrected chi connectivity index (χ1v) is 6.90. The highest BCUT2D eigenvalue weighted by atomic mass is 32.1. The van der Waals surface area contributed by atoms with Crippen LogP contribution >= 0.6 is 12.2 Å². The molecule has 0 atom stereocenters. The summed E-state index contributed by atoms with van der Waals surface area (Å²) < 4.78 is 7.89. The maximum atomic E-state index is 5.89. The second kappa shape index (κ2) is 6.05. The fraction of sp³-hybridized carbons (Fsp3) is 0.333. The van der Waals surface area contributed by atoms with E-state index in [0.29, 0.717) is 11.6 Å². The Balaban J connectivity index is 2.06. The summed E-state index contributed by atoms with van der Waals surface area (Å²) in [5.74, 6) is 1.92. The van der Waals surface area contributed by atoms with E-state index in [0.717, 1.165) is 34.7 Å². The Morgan fingerprint density at radius 1 is 1.35 bits per heavy atom. The van der Waals surface area contributed by atoms with Gasteiger partial charge in [-0.1, -0.05) is 12.2 Å². The van der Waals surface area contributed by atoms with Crippen LogP contribution in [0.15, 0.2) is 24.5 Å². The van der Waals surface area contributed by atoms with Gasteiger partial charge in [0.15, 0.2) is 0 Å². The van der Waals surface area contributed by atoms with Gasteiger partial charge in [-0.3, -0.25) is 0 Å². The zero-order chi connectivity index (χ0) is 14.7. The summed E-state index contributed by atoms with van der Waals surface area (Å²) >= 11 is 5.01. The molecule has 20 heavy (non-hydrogen) atoms. The van der Waals surface area contributed by atoms with E-state index >= 15 is 0 Å². The Hall–Kier alpha value is -1.88. The van der Waals surface area contributed by atoms with E-state index in [1.54, 1.807) is 6.20 Å². The van der Waals surface area contributed by atoms with Gasteiger partial charge in [-0.2, -0.15) is 0 Å². The van der Waals surface area contributed by atoms with Crippen LogP contribution in [0.25, 0.3) is 0 Å². The topological polar surface area (TPSA) is 53.1 Å². The van der Waals surface area contributed by atoms with Gasteiger partial charge in [0.2, 0.25) is 0 Å². The van der Waals surface area contributed by atoms with Crippen LogP contribution in [0.5, 0.6) is 5.75 Å². The summed E-state index contributed by atoms with van der Waals surface area (Å²) in [7, 11) is 1.98. The molecule has 0 aliphatic heterocycles. The quantitative estimate of drug-likeness (QED) is 0.858. The van der Waals surface area contributed by atoms with Gasteiger partial charge in [0.1, 0.15) is 16.6 Å². The van der Waals surface area contributed by atoms with Crippen LogP contribution < -0.4 is 10.5 Å². The first-order chi connectivity index (χ1) is 9.49.